The van der Waals surface area contributed by atoms with Gasteiger partial charge in [-0.25, -0.2) is 0 Å². The molecule has 7 nitrogen and oxygen atoms in total. The van der Waals surface area contributed by atoms with Gasteiger partial charge in [-0.2, -0.15) is 13.9 Å². The van der Waals surface area contributed by atoms with Gasteiger partial charge < -0.3 is 20.1 Å². The lowest BCUT2D eigenvalue weighted by molar-refractivity contribution is -0.0214. The van der Waals surface area contributed by atoms with Gasteiger partial charge in [0.15, 0.2) is 12.4 Å². The fraction of sp³-hybridized carbons (Fsp3) is 0.435. The molecule has 1 aromatic carbocycles. The summed E-state index contributed by atoms with van der Waals surface area (Å²) in [6, 6.07) is 6.50. The molecule has 5 rings (SSSR count). The van der Waals surface area contributed by atoms with Crippen molar-refractivity contribution in [1.29, 1.82) is 0 Å². The van der Waals surface area contributed by atoms with Crippen LogP contribution in [0.25, 0.3) is 10.9 Å². The third-order valence-corrected chi connectivity index (χ3v) is 6.26. The highest BCUT2D eigenvalue weighted by molar-refractivity contribution is 5.92. The van der Waals surface area contributed by atoms with E-state index in [4.69, 9.17) is 4.74 Å². The molecule has 32 heavy (non-hydrogen) atoms. The van der Waals surface area contributed by atoms with Crippen molar-refractivity contribution in [2.24, 2.45) is 0 Å². The number of hydrogen-bond donors (Lipinski definition) is 2. The van der Waals surface area contributed by atoms with E-state index in [1.807, 2.05) is 26.1 Å². The van der Waals surface area contributed by atoms with Crippen molar-refractivity contribution in [3.63, 3.8) is 0 Å². The van der Waals surface area contributed by atoms with Crippen LogP contribution < -0.4 is 15.0 Å². The molecule has 0 spiro atoms. The Balaban J connectivity index is 1.49. The van der Waals surface area contributed by atoms with Crippen molar-refractivity contribution < 1.29 is 18.6 Å². The van der Waals surface area contributed by atoms with Crippen molar-refractivity contribution in [2.45, 2.75) is 44.8 Å². The molecule has 1 atom stereocenters. The van der Waals surface area contributed by atoms with E-state index in [9.17, 15) is 13.9 Å². The summed E-state index contributed by atoms with van der Waals surface area (Å²) >= 11 is 0. The first-order chi connectivity index (χ1) is 15.3. The highest BCUT2D eigenvalue weighted by Gasteiger charge is 2.42. The quantitative estimate of drug-likeness (QED) is 0.634. The number of nitrogens with zero attached hydrogens (tertiary/aromatic N) is 4. The van der Waals surface area contributed by atoms with Crippen molar-refractivity contribution >= 4 is 22.4 Å². The smallest absolute Gasteiger partial charge is 0.310 e. The largest absolute Gasteiger partial charge is 0.486 e. The maximum atomic E-state index is 14.1. The minimum Gasteiger partial charge on any atom is -0.486 e. The third-order valence-electron chi connectivity index (χ3n) is 6.26. The molecule has 0 aliphatic carbocycles. The number of aromatic nitrogens is 3. The van der Waals surface area contributed by atoms with E-state index in [1.165, 1.54) is 6.07 Å². The van der Waals surface area contributed by atoms with Crippen LogP contribution >= 0.6 is 0 Å². The van der Waals surface area contributed by atoms with Gasteiger partial charge >= 0.3 is 5.92 Å². The lowest BCUT2D eigenvalue weighted by atomic mass is 10.0. The van der Waals surface area contributed by atoms with E-state index >= 15 is 0 Å². The summed E-state index contributed by atoms with van der Waals surface area (Å²) in [5.41, 5.74) is 2.96. The highest BCUT2D eigenvalue weighted by Crippen LogP contribution is 2.45. The van der Waals surface area contributed by atoms with Crippen molar-refractivity contribution in [3.05, 3.63) is 47.3 Å². The van der Waals surface area contributed by atoms with Gasteiger partial charge in [-0.1, -0.05) is 12.1 Å². The second-order valence-corrected chi connectivity index (χ2v) is 8.52. The van der Waals surface area contributed by atoms with Crippen LogP contribution in [0, 0.1) is 6.92 Å². The van der Waals surface area contributed by atoms with Crippen LogP contribution in [0.1, 0.15) is 42.6 Å². The molecule has 1 fully saturated rings. The van der Waals surface area contributed by atoms with Crippen molar-refractivity contribution in [3.8, 4) is 5.75 Å². The molecule has 2 N–H and O–H groups in total. The number of fused-ring (bicyclic) bond motifs is 2. The van der Waals surface area contributed by atoms with Crippen LogP contribution in [0.4, 0.5) is 20.3 Å². The van der Waals surface area contributed by atoms with Crippen LogP contribution in [0.5, 0.6) is 5.75 Å². The summed E-state index contributed by atoms with van der Waals surface area (Å²) in [6.45, 7) is 4.61. The van der Waals surface area contributed by atoms with Crippen LogP contribution in [0.3, 0.4) is 0 Å². The number of rotatable bonds is 4. The summed E-state index contributed by atoms with van der Waals surface area (Å²) in [5, 5.41) is 22.5. The molecular formula is C23H25F2N5O2. The number of aryl methyl sites for hydroxylation is 1. The average molecular weight is 441 g/mol. The van der Waals surface area contributed by atoms with Gasteiger partial charge in [0.1, 0.15) is 5.75 Å². The highest BCUT2D eigenvalue weighted by atomic mass is 19.3. The van der Waals surface area contributed by atoms with Gasteiger partial charge in [0.05, 0.1) is 40.8 Å². The number of nitrogens with one attached hydrogen (secondary N) is 1. The summed E-state index contributed by atoms with van der Waals surface area (Å²) in [4.78, 5) is 6.82. The number of aliphatic hydroxyl groups excluding tert-OH is 1. The zero-order valence-electron chi connectivity index (χ0n) is 18.0. The first kappa shape index (κ1) is 20.8. The first-order valence-corrected chi connectivity index (χ1v) is 10.8. The van der Waals surface area contributed by atoms with Gasteiger partial charge in [0.2, 0.25) is 0 Å². The Kier molecular flexibility index (Phi) is 5.08. The maximum absolute atomic E-state index is 14.1. The Morgan fingerprint density at radius 2 is 2.03 bits per heavy atom. The molecule has 0 amide bonds. The van der Waals surface area contributed by atoms with Crippen molar-refractivity contribution in [2.75, 3.05) is 29.9 Å². The van der Waals surface area contributed by atoms with Gasteiger partial charge in [0.25, 0.3) is 0 Å². The van der Waals surface area contributed by atoms with E-state index in [2.05, 4.69) is 25.4 Å². The third kappa shape index (κ3) is 3.60. The summed E-state index contributed by atoms with van der Waals surface area (Å²) in [5.74, 6) is -2.22. The monoisotopic (exact) mass is 441 g/mol. The molecule has 0 bridgehead atoms. The molecule has 2 aliphatic rings. The number of anilines is 2. The van der Waals surface area contributed by atoms with Crippen molar-refractivity contribution in [1.82, 2.24) is 15.2 Å². The Morgan fingerprint density at radius 3 is 2.81 bits per heavy atom. The number of piperidine rings is 1. The molecule has 0 saturated carbocycles. The number of para-hydroxylation sites is 1. The fourth-order valence-corrected chi connectivity index (χ4v) is 4.42. The molecule has 3 aromatic rings. The molecular weight excluding hydrogens is 416 g/mol. The number of aliphatic hydroxyl groups is 1. The van der Waals surface area contributed by atoms with Crippen LogP contribution in [-0.4, -0.2) is 46.1 Å². The SMILES string of the molecule is Cc1nnc(N[C@H](C)c2cccc3c2OCC3(F)F)c2cc(N3CCC(O)CC3)cnc12. The predicted molar refractivity (Wildman–Crippen MR) is 117 cm³/mol. The Hall–Kier alpha value is -3.07. The molecule has 4 heterocycles. The first-order valence-electron chi connectivity index (χ1n) is 10.8. The second-order valence-electron chi connectivity index (χ2n) is 8.52. The topological polar surface area (TPSA) is 83.4 Å². The molecule has 168 valence electrons. The van der Waals surface area contributed by atoms with Crippen LogP contribution in [-0.2, 0) is 5.92 Å². The molecule has 0 unspecified atom stereocenters. The number of alkyl halides is 2. The predicted octanol–water partition coefficient (Wildman–Crippen LogP) is 3.95. The number of hydrogen-bond acceptors (Lipinski definition) is 7. The zero-order valence-corrected chi connectivity index (χ0v) is 18.0. The number of pyridine rings is 1. The lowest BCUT2D eigenvalue weighted by Crippen LogP contribution is -2.35. The summed E-state index contributed by atoms with van der Waals surface area (Å²) in [7, 11) is 0. The molecule has 0 radical (unpaired) electrons. The standard InChI is InChI=1S/C23H25F2N5O2/c1-13(17-4-3-5-19-21(17)32-12-23(19,24)25)27-22-18-10-15(30-8-6-16(31)7-9-30)11-26-20(18)14(2)28-29-22/h3-5,10-11,13,16,31H,6-9,12H2,1-2H3,(H,27,29)/t13-/m1/s1. The molecule has 1 saturated heterocycles. The molecule has 9 heteroatoms. The van der Waals surface area contributed by atoms with E-state index in [-0.39, 0.29) is 23.5 Å². The van der Waals surface area contributed by atoms with Crippen LogP contribution in [0.15, 0.2) is 30.5 Å². The van der Waals surface area contributed by atoms with Gasteiger partial charge in [-0.3, -0.25) is 4.98 Å². The van der Waals surface area contributed by atoms with E-state index < -0.39 is 12.5 Å². The number of benzene rings is 1. The minimum absolute atomic E-state index is 0.0836. The molecule has 2 aliphatic heterocycles. The van der Waals surface area contributed by atoms with E-state index in [0.717, 1.165) is 42.5 Å². The maximum Gasteiger partial charge on any atom is 0.310 e. The minimum atomic E-state index is -2.98. The second kappa shape index (κ2) is 7.81. The molecule has 2 aromatic heterocycles. The summed E-state index contributed by atoms with van der Waals surface area (Å²) in [6.07, 6.45) is 3.00. The average Bonchev–Trinajstić information content (AvgIpc) is 3.11. The fourth-order valence-electron chi connectivity index (χ4n) is 4.42. The van der Waals surface area contributed by atoms with Gasteiger partial charge in [0, 0.05) is 24.0 Å². The van der Waals surface area contributed by atoms with E-state index in [0.29, 0.717) is 17.1 Å². The Morgan fingerprint density at radius 1 is 1.25 bits per heavy atom. The normalized spacial score (nSPS) is 19.0. The number of halogens is 2. The Bertz CT molecular complexity index is 1160. The lowest BCUT2D eigenvalue weighted by Gasteiger charge is -2.31. The Labute approximate surface area is 184 Å². The van der Waals surface area contributed by atoms with Gasteiger partial charge in [-0.05, 0) is 38.8 Å². The van der Waals surface area contributed by atoms with E-state index in [1.54, 1.807) is 12.1 Å². The number of ether oxygens (including phenoxy) is 1. The van der Waals surface area contributed by atoms with Crippen LogP contribution in [0.2, 0.25) is 0 Å². The summed E-state index contributed by atoms with van der Waals surface area (Å²) < 4.78 is 33.6. The zero-order chi connectivity index (χ0) is 22.5. The van der Waals surface area contributed by atoms with Gasteiger partial charge in [-0.15, -0.1) is 5.10 Å².